The van der Waals surface area contributed by atoms with Crippen LogP contribution in [0.25, 0.3) is 0 Å². The normalized spacial score (nSPS) is 34.3. The fourth-order valence-corrected chi connectivity index (χ4v) is 3.89. The van der Waals surface area contributed by atoms with Crippen LogP contribution in [0.2, 0.25) is 0 Å². The lowest BCUT2D eigenvalue weighted by Gasteiger charge is -2.36. The number of hydrogen-bond donors (Lipinski definition) is 1. The van der Waals surface area contributed by atoms with Crippen LogP contribution in [0.5, 0.6) is 5.75 Å². The van der Waals surface area contributed by atoms with Crippen molar-refractivity contribution >= 4 is 11.6 Å². The molecule has 0 radical (unpaired) electrons. The van der Waals surface area contributed by atoms with Crippen molar-refractivity contribution in [2.45, 2.75) is 83.3 Å². The van der Waals surface area contributed by atoms with Crippen molar-refractivity contribution in [2.75, 3.05) is 11.9 Å². The molecular weight excluding hydrogens is 378 g/mol. The summed E-state index contributed by atoms with van der Waals surface area (Å²) in [6, 6.07) is 7.22. The van der Waals surface area contributed by atoms with Crippen molar-refractivity contribution in [3.63, 3.8) is 0 Å². The number of ether oxygens (including phenoxy) is 6. The first kappa shape index (κ1) is 20.6. The van der Waals surface area contributed by atoms with Gasteiger partial charge in [-0.1, -0.05) is 6.92 Å². The fourth-order valence-electron chi connectivity index (χ4n) is 3.89. The minimum absolute atomic E-state index is 0.324. The first-order valence-electron chi connectivity index (χ1n) is 10.1. The Bertz CT molecular complexity index is 748. The van der Waals surface area contributed by atoms with E-state index in [0.29, 0.717) is 12.3 Å². The average molecular weight is 407 g/mol. The summed E-state index contributed by atoms with van der Waals surface area (Å²) in [5.41, 5.74) is 0.642. The summed E-state index contributed by atoms with van der Waals surface area (Å²) in [4.78, 5) is 13.0. The van der Waals surface area contributed by atoms with E-state index in [2.05, 4.69) is 5.32 Å². The van der Waals surface area contributed by atoms with E-state index in [1.54, 1.807) is 12.1 Å². The minimum atomic E-state index is -0.892. The SMILES string of the molecule is CCCOc1ccc(NC(=O)[C@@H]2O[C@@H]3OC(C)(C)O[C@@H]3[C@@H]3OC(C)(C)O[C@@H]32)cc1. The van der Waals surface area contributed by atoms with Gasteiger partial charge in [-0.25, -0.2) is 0 Å². The van der Waals surface area contributed by atoms with Gasteiger partial charge in [0.2, 0.25) is 0 Å². The molecule has 3 aliphatic heterocycles. The van der Waals surface area contributed by atoms with Crippen molar-refractivity contribution in [1.29, 1.82) is 0 Å². The molecule has 1 N–H and O–H groups in total. The highest BCUT2D eigenvalue weighted by Gasteiger charge is 2.62. The molecular formula is C21H29NO7. The van der Waals surface area contributed by atoms with Crippen LogP contribution in [0.4, 0.5) is 5.69 Å². The molecule has 5 atom stereocenters. The zero-order valence-corrected chi connectivity index (χ0v) is 17.5. The van der Waals surface area contributed by atoms with E-state index in [-0.39, 0.29) is 5.91 Å². The Labute approximate surface area is 170 Å². The van der Waals surface area contributed by atoms with Crippen molar-refractivity contribution in [3.8, 4) is 5.75 Å². The lowest BCUT2D eigenvalue weighted by molar-refractivity contribution is -0.229. The largest absolute Gasteiger partial charge is 0.494 e. The van der Waals surface area contributed by atoms with Crippen LogP contribution in [0.15, 0.2) is 24.3 Å². The average Bonchev–Trinajstić information content (AvgIpc) is 3.14. The minimum Gasteiger partial charge on any atom is -0.494 e. The molecule has 3 aliphatic rings. The first-order chi connectivity index (χ1) is 13.7. The van der Waals surface area contributed by atoms with Gasteiger partial charge in [-0.2, -0.15) is 0 Å². The van der Waals surface area contributed by atoms with E-state index in [1.165, 1.54) is 0 Å². The molecule has 0 saturated carbocycles. The van der Waals surface area contributed by atoms with E-state index in [9.17, 15) is 4.79 Å². The van der Waals surface area contributed by atoms with Crippen LogP contribution in [-0.2, 0) is 28.5 Å². The highest BCUT2D eigenvalue weighted by molar-refractivity contribution is 5.94. The summed E-state index contributed by atoms with van der Waals surface area (Å²) in [5.74, 6) is -1.24. The van der Waals surface area contributed by atoms with E-state index in [4.69, 9.17) is 28.4 Å². The molecule has 8 nitrogen and oxygen atoms in total. The van der Waals surface area contributed by atoms with Gasteiger partial charge in [0.15, 0.2) is 24.0 Å². The van der Waals surface area contributed by atoms with E-state index in [0.717, 1.165) is 12.2 Å². The van der Waals surface area contributed by atoms with Gasteiger partial charge in [0.05, 0.1) is 6.61 Å². The number of amides is 1. The van der Waals surface area contributed by atoms with Gasteiger partial charge in [0.25, 0.3) is 5.91 Å². The third-order valence-corrected chi connectivity index (χ3v) is 5.01. The Hall–Kier alpha value is -1.71. The molecule has 0 unspecified atom stereocenters. The summed E-state index contributed by atoms with van der Waals surface area (Å²) in [6.45, 7) is 9.94. The van der Waals surface area contributed by atoms with Crippen LogP contribution in [0.1, 0.15) is 41.0 Å². The van der Waals surface area contributed by atoms with Crippen molar-refractivity contribution in [1.82, 2.24) is 0 Å². The number of anilines is 1. The number of carbonyl (C=O) groups is 1. The molecule has 8 heteroatoms. The van der Waals surface area contributed by atoms with Crippen LogP contribution >= 0.6 is 0 Å². The first-order valence-corrected chi connectivity index (χ1v) is 10.1. The predicted octanol–water partition coefficient (Wildman–Crippen LogP) is 2.81. The Kier molecular flexibility index (Phi) is 5.33. The number of hydrogen-bond acceptors (Lipinski definition) is 7. The van der Waals surface area contributed by atoms with Gasteiger partial charge in [-0.3, -0.25) is 4.79 Å². The number of nitrogens with one attached hydrogen (secondary N) is 1. The van der Waals surface area contributed by atoms with Gasteiger partial charge >= 0.3 is 0 Å². The topological polar surface area (TPSA) is 84.5 Å². The second kappa shape index (κ2) is 7.52. The Morgan fingerprint density at radius 3 is 2.28 bits per heavy atom. The molecule has 0 bridgehead atoms. The standard InChI is InChI=1S/C21H29NO7/c1-6-11-24-13-9-7-12(8-10-13)22-18(23)16-14-15(27-20(2,3)26-14)17-19(25-16)29-21(4,5)28-17/h7-10,14-17,19H,6,11H2,1-5H3,(H,22,23)/t14-,15+,16+,17+,19+/m0/s1. The van der Waals surface area contributed by atoms with Gasteiger partial charge in [-0.15, -0.1) is 0 Å². The van der Waals surface area contributed by atoms with Crippen LogP contribution in [-0.4, -0.2) is 54.8 Å². The highest BCUT2D eigenvalue weighted by Crippen LogP contribution is 2.44. The molecule has 0 aliphatic carbocycles. The maximum atomic E-state index is 13.0. The molecule has 3 heterocycles. The highest BCUT2D eigenvalue weighted by atomic mass is 16.9. The van der Waals surface area contributed by atoms with Gasteiger partial charge in [0, 0.05) is 5.69 Å². The van der Waals surface area contributed by atoms with E-state index < -0.39 is 42.3 Å². The molecule has 1 aromatic rings. The summed E-state index contributed by atoms with van der Waals surface area (Å²) >= 11 is 0. The van der Waals surface area contributed by atoms with Crippen LogP contribution < -0.4 is 10.1 Å². The number of fused-ring (bicyclic) bond motifs is 3. The fraction of sp³-hybridized carbons (Fsp3) is 0.667. The van der Waals surface area contributed by atoms with Crippen LogP contribution in [0.3, 0.4) is 0 Å². The van der Waals surface area contributed by atoms with Crippen molar-refractivity contribution in [3.05, 3.63) is 24.3 Å². The summed E-state index contributed by atoms with van der Waals surface area (Å²) in [6.07, 6.45) is -2.19. The number of carbonyl (C=O) groups excluding carboxylic acids is 1. The molecule has 160 valence electrons. The summed E-state index contributed by atoms with van der Waals surface area (Å²) < 4.78 is 35.4. The van der Waals surface area contributed by atoms with Crippen molar-refractivity contribution in [2.24, 2.45) is 0 Å². The molecule has 29 heavy (non-hydrogen) atoms. The predicted molar refractivity (Wildman–Crippen MR) is 103 cm³/mol. The van der Waals surface area contributed by atoms with E-state index in [1.807, 2.05) is 46.8 Å². The summed E-state index contributed by atoms with van der Waals surface area (Å²) in [7, 11) is 0. The quantitative estimate of drug-likeness (QED) is 0.803. The molecule has 3 saturated heterocycles. The number of rotatable bonds is 5. The molecule has 3 fully saturated rings. The maximum absolute atomic E-state index is 13.0. The second-order valence-corrected chi connectivity index (χ2v) is 8.45. The Morgan fingerprint density at radius 1 is 0.966 bits per heavy atom. The molecule has 0 aromatic heterocycles. The smallest absolute Gasteiger partial charge is 0.256 e. The third kappa shape index (κ3) is 4.27. The molecule has 1 amide bonds. The maximum Gasteiger partial charge on any atom is 0.256 e. The molecule has 0 spiro atoms. The number of benzene rings is 1. The lowest BCUT2D eigenvalue weighted by Crippen LogP contribution is -2.58. The van der Waals surface area contributed by atoms with Gasteiger partial charge in [-0.05, 0) is 58.4 Å². The van der Waals surface area contributed by atoms with Crippen molar-refractivity contribution < 1.29 is 33.2 Å². The molecule has 4 rings (SSSR count). The van der Waals surface area contributed by atoms with Gasteiger partial charge < -0.3 is 33.7 Å². The molecule has 1 aromatic carbocycles. The lowest BCUT2D eigenvalue weighted by atomic mass is 9.98. The Morgan fingerprint density at radius 2 is 1.59 bits per heavy atom. The zero-order valence-electron chi connectivity index (χ0n) is 17.5. The summed E-state index contributed by atoms with van der Waals surface area (Å²) in [5, 5.41) is 2.88. The second-order valence-electron chi connectivity index (χ2n) is 8.45. The monoisotopic (exact) mass is 407 g/mol. The Balaban J connectivity index is 1.49. The van der Waals surface area contributed by atoms with E-state index >= 15 is 0 Å². The van der Waals surface area contributed by atoms with Gasteiger partial charge in [0.1, 0.15) is 24.1 Å². The van der Waals surface area contributed by atoms with Crippen LogP contribution in [0, 0.1) is 0 Å². The third-order valence-electron chi connectivity index (χ3n) is 5.01. The zero-order chi connectivity index (χ0) is 20.8.